The number of hydrogen-bond donors (Lipinski definition) is 4. The van der Waals surface area contributed by atoms with Gasteiger partial charge in [0.2, 0.25) is 0 Å². The summed E-state index contributed by atoms with van der Waals surface area (Å²) in [5, 5.41) is 10.5. The number of hydrogen-bond acceptors (Lipinski definition) is 8. The summed E-state index contributed by atoms with van der Waals surface area (Å²) in [6.07, 6.45) is 3.10. The van der Waals surface area contributed by atoms with Crippen LogP contribution in [0.4, 0.5) is 0 Å². The van der Waals surface area contributed by atoms with Gasteiger partial charge in [-0.05, 0) is 0 Å². The van der Waals surface area contributed by atoms with Gasteiger partial charge in [-0.15, -0.1) is 21.3 Å². The molecule has 0 bridgehead atoms. The Labute approximate surface area is 56.4 Å². The Morgan fingerprint density at radius 1 is 0.900 bits per heavy atom. The number of hydrazone groups is 2. The highest BCUT2D eigenvalue weighted by Crippen LogP contribution is 1.87. The molecule has 54 valence electrons. The molecule has 2 rings (SSSR count). The highest BCUT2D eigenvalue weighted by Gasteiger charge is 2.13. The van der Waals surface area contributed by atoms with Crippen LogP contribution >= 0.6 is 0 Å². The van der Waals surface area contributed by atoms with Crippen molar-refractivity contribution in [1.82, 2.24) is 32.4 Å². The van der Waals surface area contributed by atoms with Gasteiger partial charge < -0.3 is 0 Å². The van der Waals surface area contributed by atoms with Crippen molar-refractivity contribution in [2.75, 3.05) is 0 Å². The zero-order chi connectivity index (χ0) is 6.81. The molecule has 0 fully saturated rings. The molecule has 2 heterocycles. The lowest BCUT2D eigenvalue weighted by Gasteiger charge is -2.21. The molecular formula is C2H6N8. The fourth-order valence-corrected chi connectivity index (χ4v) is 0.604. The van der Waals surface area contributed by atoms with Crippen LogP contribution in [0.25, 0.3) is 0 Å². The predicted molar refractivity (Wildman–Crippen MR) is 33.2 cm³/mol. The van der Waals surface area contributed by atoms with Gasteiger partial charge in [0.25, 0.3) is 0 Å². The van der Waals surface area contributed by atoms with Crippen molar-refractivity contribution >= 4 is 12.7 Å². The van der Waals surface area contributed by atoms with E-state index < -0.39 is 0 Å². The van der Waals surface area contributed by atoms with Crippen LogP contribution in [-0.2, 0) is 0 Å². The molecule has 0 saturated heterocycles. The summed E-state index contributed by atoms with van der Waals surface area (Å²) in [6.45, 7) is 0. The lowest BCUT2D eigenvalue weighted by Crippen LogP contribution is -2.54. The van der Waals surface area contributed by atoms with E-state index in [1.165, 1.54) is 0 Å². The second-order valence-electron chi connectivity index (χ2n) is 1.63. The summed E-state index contributed by atoms with van der Waals surface area (Å²) in [5.74, 6) is 0. The van der Waals surface area contributed by atoms with Crippen LogP contribution in [0.1, 0.15) is 0 Å². The van der Waals surface area contributed by atoms with Gasteiger partial charge in [-0.25, -0.2) is 11.1 Å². The topological polar surface area (TPSA) is 79.3 Å². The quantitative estimate of drug-likeness (QED) is 0.322. The third-order valence-electron chi connectivity index (χ3n) is 1.02. The van der Waals surface area contributed by atoms with E-state index in [1.807, 2.05) is 0 Å². The number of nitrogens with one attached hydrogen (secondary N) is 4. The minimum Gasteiger partial charge on any atom is -0.221 e. The molecule has 2 aliphatic rings. The van der Waals surface area contributed by atoms with Crippen molar-refractivity contribution in [3.05, 3.63) is 0 Å². The average molecular weight is 142 g/mol. The highest BCUT2D eigenvalue weighted by molar-refractivity contribution is 5.61. The standard InChI is InChI=1S/C2H6N8/c1-3-5-7-9(1)10-2-4-6-8-10/h1-2,5-8H. The first-order chi connectivity index (χ1) is 4.97. The minimum atomic E-state index is 1.55. The fourth-order valence-electron chi connectivity index (χ4n) is 0.604. The predicted octanol–water partition coefficient (Wildman–Crippen LogP) is -2.56. The normalized spacial score (nSPS) is 21.6. The van der Waals surface area contributed by atoms with Gasteiger partial charge >= 0.3 is 0 Å². The van der Waals surface area contributed by atoms with Gasteiger partial charge in [0.15, 0.2) is 12.7 Å². The van der Waals surface area contributed by atoms with E-state index >= 15 is 0 Å². The number of nitrogens with zero attached hydrogens (tertiary/aromatic N) is 4. The Morgan fingerprint density at radius 2 is 1.40 bits per heavy atom. The first-order valence-corrected chi connectivity index (χ1v) is 2.63. The van der Waals surface area contributed by atoms with Crippen molar-refractivity contribution in [2.24, 2.45) is 10.2 Å². The molecule has 8 nitrogen and oxygen atoms in total. The Kier molecular flexibility index (Phi) is 1.05. The van der Waals surface area contributed by atoms with Crippen molar-refractivity contribution in [3.8, 4) is 0 Å². The summed E-state index contributed by atoms with van der Waals surface area (Å²) in [4.78, 5) is 0. The molecule has 10 heavy (non-hydrogen) atoms. The second-order valence-corrected chi connectivity index (χ2v) is 1.63. The minimum absolute atomic E-state index is 1.55. The van der Waals surface area contributed by atoms with E-state index in [0.717, 1.165) is 0 Å². The number of hydrazine groups is 5. The van der Waals surface area contributed by atoms with Gasteiger partial charge in [0, 0.05) is 0 Å². The van der Waals surface area contributed by atoms with E-state index in [4.69, 9.17) is 0 Å². The molecular weight excluding hydrogens is 136 g/mol. The molecule has 0 atom stereocenters. The molecule has 0 aromatic rings. The maximum atomic E-state index is 3.68. The van der Waals surface area contributed by atoms with Crippen LogP contribution < -0.4 is 22.1 Å². The SMILES string of the molecule is C1=NNNN1N1C=NNN1. The summed E-state index contributed by atoms with van der Waals surface area (Å²) in [7, 11) is 0. The zero-order valence-electron chi connectivity index (χ0n) is 4.94. The molecule has 0 saturated carbocycles. The first-order valence-electron chi connectivity index (χ1n) is 2.63. The van der Waals surface area contributed by atoms with Crippen LogP contribution in [0.5, 0.6) is 0 Å². The lowest BCUT2D eigenvalue weighted by atomic mass is 11.2. The Bertz CT molecular complexity index is 152. The Hall–Kier alpha value is -1.54. The van der Waals surface area contributed by atoms with Gasteiger partial charge in [-0.2, -0.15) is 10.2 Å². The third-order valence-corrected chi connectivity index (χ3v) is 1.02. The average Bonchev–Trinajstić information content (AvgIpc) is 2.59. The second kappa shape index (κ2) is 2.01. The molecule has 8 heteroatoms. The largest absolute Gasteiger partial charge is 0.221 e. The molecule has 0 amide bonds. The fraction of sp³-hybridized carbons (Fsp3) is 0. The number of rotatable bonds is 1. The Balaban J connectivity index is 1.98. The first kappa shape index (κ1) is 5.26. The molecule has 0 aliphatic carbocycles. The highest BCUT2D eigenvalue weighted by atomic mass is 16.1. The molecule has 0 aromatic heterocycles. The molecule has 2 aliphatic heterocycles. The smallest absolute Gasteiger partial charge is 0.153 e. The molecule has 0 unspecified atom stereocenters. The Morgan fingerprint density at radius 3 is 1.70 bits per heavy atom. The molecule has 0 radical (unpaired) electrons. The van der Waals surface area contributed by atoms with Crippen LogP contribution in [0, 0.1) is 0 Å². The van der Waals surface area contributed by atoms with E-state index in [-0.39, 0.29) is 0 Å². The monoisotopic (exact) mass is 142 g/mol. The maximum Gasteiger partial charge on any atom is 0.153 e. The molecule has 0 spiro atoms. The van der Waals surface area contributed by atoms with Crippen molar-refractivity contribution in [2.45, 2.75) is 0 Å². The van der Waals surface area contributed by atoms with E-state index in [0.29, 0.717) is 0 Å². The van der Waals surface area contributed by atoms with E-state index in [2.05, 4.69) is 32.3 Å². The maximum absolute atomic E-state index is 3.68. The van der Waals surface area contributed by atoms with Crippen LogP contribution in [0.3, 0.4) is 0 Å². The van der Waals surface area contributed by atoms with Crippen LogP contribution in [-0.4, -0.2) is 22.9 Å². The van der Waals surface area contributed by atoms with E-state index in [9.17, 15) is 0 Å². The van der Waals surface area contributed by atoms with E-state index in [1.54, 1.807) is 22.9 Å². The van der Waals surface area contributed by atoms with Gasteiger partial charge in [-0.1, -0.05) is 0 Å². The van der Waals surface area contributed by atoms with Gasteiger partial charge in [-0.3, -0.25) is 0 Å². The zero-order valence-corrected chi connectivity index (χ0v) is 4.94. The summed E-state index contributed by atoms with van der Waals surface area (Å²) < 4.78 is 0. The summed E-state index contributed by atoms with van der Waals surface area (Å²) in [6, 6.07) is 0. The molecule has 0 aromatic carbocycles. The van der Waals surface area contributed by atoms with Gasteiger partial charge in [0.1, 0.15) is 0 Å². The van der Waals surface area contributed by atoms with Crippen molar-refractivity contribution in [1.29, 1.82) is 0 Å². The van der Waals surface area contributed by atoms with Crippen molar-refractivity contribution < 1.29 is 0 Å². The van der Waals surface area contributed by atoms with Crippen LogP contribution in [0.2, 0.25) is 0 Å². The molecule has 4 N–H and O–H groups in total. The lowest BCUT2D eigenvalue weighted by molar-refractivity contribution is 0.0314. The summed E-state index contributed by atoms with van der Waals surface area (Å²) >= 11 is 0. The van der Waals surface area contributed by atoms with Crippen molar-refractivity contribution in [3.63, 3.8) is 0 Å². The third kappa shape index (κ3) is 0.711. The van der Waals surface area contributed by atoms with Crippen LogP contribution in [0.15, 0.2) is 10.2 Å². The van der Waals surface area contributed by atoms with Gasteiger partial charge in [0.05, 0.1) is 0 Å². The summed E-state index contributed by atoms with van der Waals surface area (Å²) in [5.41, 5.74) is 10.4.